The smallest absolute Gasteiger partial charge is 0.0680 e. The van der Waals surface area contributed by atoms with E-state index in [1.807, 2.05) is 6.54 Å². The summed E-state index contributed by atoms with van der Waals surface area (Å²) < 4.78 is 0. The Kier molecular flexibility index (Phi) is 1.08. The highest BCUT2D eigenvalue weighted by atomic mass is 16.3. The molecule has 0 aromatic heterocycles. The van der Waals surface area contributed by atoms with Gasteiger partial charge in [0.15, 0.2) is 0 Å². The standard InChI is InChI=1S/C4H8NO/c6-4-1-2-5-3-4/h2,4-6H,1,3H2. The maximum Gasteiger partial charge on any atom is 0.0680 e. The molecule has 2 N–H and O–H groups in total. The molecule has 1 atom stereocenters. The van der Waals surface area contributed by atoms with Crippen LogP contribution < -0.4 is 5.32 Å². The van der Waals surface area contributed by atoms with Crippen LogP contribution in [0.5, 0.6) is 0 Å². The zero-order valence-corrected chi connectivity index (χ0v) is 3.52. The molecule has 2 nitrogen and oxygen atoms in total. The van der Waals surface area contributed by atoms with Gasteiger partial charge in [0.05, 0.1) is 6.10 Å². The highest BCUT2D eigenvalue weighted by Gasteiger charge is 2.08. The largest absolute Gasteiger partial charge is 0.392 e. The van der Waals surface area contributed by atoms with Crippen molar-refractivity contribution in [2.45, 2.75) is 12.5 Å². The average Bonchev–Trinajstić information content (AvgIpc) is 1.86. The molecule has 1 heterocycles. The van der Waals surface area contributed by atoms with E-state index in [0.29, 0.717) is 0 Å². The van der Waals surface area contributed by atoms with Crippen LogP contribution in [0.1, 0.15) is 6.42 Å². The zero-order valence-electron chi connectivity index (χ0n) is 3.52. The molecule has 0 aromatic rings. The summed E-state index contributed by atoms with van der Waals surface area (Å²) >= 11 is 0. The van der Waals surface area contributed by atoms with Crippen molar-refractivity contribution in [3.05, 3.63) is 6.54 Å². The second kappa shape index (κ2) is 1.58. The molecule has 2 heteroatoms. The Morgan fingerprint density at radius 3 is 2.83 bits per heavy atom. The molecular weight excluding hydrogens is 78.0 g/mol. The molecule has 0 saturated carbocycles. The molecule has 0 aliphatic carbocycles. The van der Waals surface area contributed by atoms with E-state index in [1.54, 1.807) is 0 Å². The Labute approximate surface area is 37.2 Å². The first-order valence-corrected chi connectivity index (χ1v) is 2.13. The molecule has 1 rings (SSSR count). The summed E-state index contributed by atoms with van der Waals surface area (Å²) in [6.45, 7) is 2.62. The van der Waals surface area contributed by atoms with Crippen LogP contribution in [0.2, 0.25) is 0 Å². The minimum atomic E-state index is -0.120. The summed E-state index contributed by atoms with van der Waals surface area (Å²) in [5, 5.41) is 11.5. The molecule has 1 unspecified atom stereocenters. The van der Waals surface area contributed by atoms with Gasteiger partial charge in [0, 0.05) is 13.1 Å². The molecule has 1 fully saturated rings. The molecule has 0 aromatic carbocycles. The van der Waals surface area contributed by atoms with Crippen molar-refractivity contribution in [1.29, 1.82) is 0 Å². The van der Waals surface area contributed by atoms with Crippen molar-refractivity contribution in [2.24, 2.45) is 0 Å². The lowest BCUT2D eigenvalue weighted by Gasteiger charge is -1.90. The number of nitrogens with one attached hydrogen (secondary N) is 1. The maximum absolute atomic E-state index is 8.64. The van der Waals surface area contributed by atoms with Gasteiger partial charge in [0.2, 0.25) is 0 Å². The van der Waals surface area contributed by atoms with Crippen LogP contribution in [0.4, 0.5) is 0 Å². The molecule has 1 aliphatic rings. The normalized spacial score (nSPS) is 34.5. The van der Waals surface area contributed by atoms with Gasteiger partial charge in [0.1, 0.15) is 0 Å². The van der Waals surface area contributed by atoms with E-state index in [0.717, 1.165) is 13.0 Å². The van der Waals surface area contributed by atoms with E-state index in [4.69, 9.17) is 5.11 Å². The van der Waals surface area contributed by atoms with Gasteiger partial charge in [-0.25, -0.2) is 0 Å². The van der Waals surface area contributed by atoms with E-state index < -0.39 is 0 Å². The quantitative estimate of drug-likeness (QED) is 0.416. The molecule has 1 saturated heterocycles. The fourth-order valence-electron chi connectivity index (χ4n) is 0.522. The number of aliphatic hydroxyl groups is 1. The van der Waals surface area contributed by atoms with Gasteiger partial charge in [-0.05, 0) is 6.42 Å². The van der Waals surface area contributed by atoms with E-state index in [1.165, 1.54) is 0 Å². The fourth-order valence-corrected chi connectivity index (χ4v) is 0.522. The Morgan fingerprint density at radius 2 is 2.67 bits per heavy atom. The van der Waals surface area contributed by atoms with Gasteiger partial charge in [0.25, 0.3) is 0 Å². The number of rotatable bonds is 0. The topological polar surface area (TPSA) is 32.3 Å². The van der Waals surface area contributed by atoms with Gasteiger partial charge in [-0.3, -0.25) is 0 Å². The van der Waals surface area contributed by atoms with Gasteiger partial charge < -0.3 is 10.4 Å². The summed E-state index contributed by atoms with van der Waals surface area (Å²) in [6, 6.07) is 0. The lowest BCUT2D eigenvalue weighted by atomic mass is 10.3. The minimum Gasteiger partial charge on any atom is -0.392 e. The highest BCUT2D eigenvalue weighted by Crippen LogP contribution is 1.98. The maximum atomic E-state index is 8.64. The lowest BCUT2D eigenvalue weighted by molar-refractivity contribution is 0.198. The Balaban J connectivity index is 2.18. The Bertz CT molecular complexity index is 40.8. The van der Waals surface area contributed by atoms with Gasteiger partial charge in [-0.1, -0.05) is 0 Å². The zero-order chi connectivity index (χ0) is 4.41. The molecule has 35 valence electrons. The molecule has 0 bridgehead atoms. The summed E-state index contributed by atoms with van der Waals surface area (Å²) in [5.74, 6) is 0. The Morgan fingerprint density at radius 1 is 1.83 bits per heavy atom. The van der Waals surface area contributed by atoms with Crippen molar-refractivity contribution in [2.75, 3.05) is 6.54 Å². The predicted octanol–water partition coefficient (Wildman–Crippen LogP) is -0.498. The van der Waals surface area contributed by atoms with Gasteiger partial charge in [-0.15, -0.1) is 0 Å². The molecular formula is C4H8NO. The van der Waals surface area contributed by atoms with Crippen LogP contribution in [0, 0.1) is 6.54 Å². The first-order valence-electron chi connectivity index (χ1n) is 2.13. The van der Waals surface area contributed by atoms with Crippen LogP contribution in [-0.4, -0.2) is 17.8 Å². The highest BCUT2D eigenvalue weighted by molar-refractivity contribution is 4.78. The van der Waals surface area contributed by atoms with Crippen LogP contribution >= 0.6 is 0 Å². The van der Waals surface area contributed by atoms with Crippen molar-refractivity contribution in [3.8, 4) is 0 Å². The van der Waals surface area contributed by atoms with Crippen LogP contribution in [-0.2, 0) is 0 Å². The lowest BCUT2D eigenvalue weighted by Crippen LogP contribution is -2.10. The molecule has 1 radical (unpaired) electrons. The summed E-state index contributed by atoms with van der Waals surface area (Å²) in [6.07, 6.45) is 0.685. The number of β-amino-alcohol motifs (C(OH)–C–C–N with tert-alkyl or cyclic N) is 1. The van der Waals surface area contributed by atoms with E-state index >= 15 is 0 Å². The van der Waals surface area contributed by atoms with Crippen LogP contribution in [0.3, 0.4) is 0 Å². The third kappa shape index (κ3) is 0.698. The van der Waals surface area contributed by atoms with Crippen molar-refractivity contribution in [3.63, 3.8) is 0 Å². The van der Waals surface area contributed by atoms with Crippen molar-refractivity contribution >= 4 is 0 Å². The summed E-state index contributed by atoms with van der Waals surface area (Å²) in [5.41, 5.74) is 0. The first kappa shape index (κ1) is 4.09. The van der Waals surface area contributed by atoms with Crippen LogP contribution in [0.25, 0.3) is 0 Å². The Hall–Kier alpha value is -0.0800. The van der Waals surface area contributed by atoms with E-state index in [-0.39, 0.29) is 6.10 Å². The second-order valence-corrected chi connectivity index (χ2v) is 1.50. The third-order valence-corrected chi connectivity index (χ3v) is 0.888. The van der Waals surface area contributed by atoms with Gasteiger partial charge in [-0.2, -0.15) is 0 Å². The summed E-state index contributed by atoms with van der Waals surface area (Å²) in [4.78, 5) is 0. The molecule has 1 aliphatic heterocycles. The minimum absolute atomic E-state index is 0.120. The molecule has 0 amide bonds. The predicted molar refractivity (Wildman–Crippen MR) is 22.9 cm³/mol. The fraction of sp³-hybridized carbons (Fsp3) is 0.750. The monoisotopic (exact) mass is 86.1 g/mol. The van der Waals surface area contributed by atoms with Gasteiger partial charge >= 0.3 is 0 Å². The van der Waals surface area contributed by atoms with Crippen LogP contribution in [0.15, 0.2) is 0 Å². The SMILES string of the molecule is OC1C[CH]NC1. The molecule has 6 heavy (non-hydrogen) atoms. The second-order valence-electron chi connectivity index (χ2n) is 1.50. The van der Waals surface area contributed by atoms with E-state index in [2.05, 4.69) is 5.32 Å². The molecule has 0 spiro atoms. The number of hydrogen-bond acceptors (Lipinski definition) is 2. The van der Waals surface area contributed by atoms with Crippen molar-refractivity contribution in [1.82, 2.24) is 5.32 Å². The number of aliphatic hydroxyl groups excluding tert-OH is 1. The number of hydrogen-bond donors (Lipinski definition) is 2. The van der Waals surface area contributed by atoms with E-state index in [9.17, 15) is 0 Å². The first-order chi connectivity index (χ1) is 2.89. The summed E-state index contributed by atoms with van der Waals surface area (Å²) in [7, 11) is 0. The van der Waals surface area contributed by atoms with Crippen molar-refractivity contribution < 1.29 is 5.11 Å². The third-order valence-electron chi connectivity index (χ3n) is 0.888. The average molecular weight is 86.1 g/mol.